The number of hydrogen-bond donors (Lipinski definition) is 2. The predicted octanol–water partition coefficient (Wildman–Crippen LogP) is 2.76. The largest absolute Gasteiger partial charge is 0.389 e. The molecule has 1 aliphatic rings. The summed E-state index contributed by atoms with van der Waals surface area (Å²) in [5.41, 5.74) is 0. The minimum Gasteiger partial charge on any atom is -0.355 e. The van der Waals surface area contributed by atoms with Gasteiger partial charge in [-0.3, -0.25) is 4.79 Å². The Labute approximate surface area is 112 Å². The smallest absolute Gasteiger partial charge is 0.355 e. The molecule has 0 heterocycles. The molecule has 0 spiro atoms. The van der Waals surface area contributed by atoms with E-state index in [0.29, 0.717) is 19.1 Å². The van der Waals surface area contributed by atoms with E-state index in [9.17, 15) is 18.0 Å². The molecule has 0 unspecified atom stereocenters. The van der Waals surface area contributed by atoms with Gasteiger partial charge in [-0.1, -0.05) is 25.7 Å². The van der Waals surface area contributed by atoms with Crippen molar-refractivity contribution in [2.45, 2.75) is 63.6 Å². The molecular formula is C13H23F3N2O. The van der Waals surface area contributed by atoms with Crippen LogP contribution in [0.25, 0.3) is 0 Å². The number of halogens is 3. The lowest BCUT2D eigenvalue weighted by atomic mass is 10.1. The fourth-order valence-corrected chi connectivity index (χ4v) is 2.31. The summed E-state index contributed by atoms with van der Waals surface area (Å²) in [4.78, 5) is 11.2. The zero-order valence-electron chi connectivity index (χ0n) is 11.2. The second kappa shape index (κ2) is 8.40. The number of carbonyl (C=O) groups is 1. The first kappa shape index (κ1) is 16.3. The van der Waals surface area contributed by atoms with Crippen LogP contribution in [-0.2, 0) is 4.79 Å². The molecular weight excluding hydrogens is 257 g/mol. The van der Waals surface area contributed by atoms with E-state index in [1.807, 2.05) is 0 Å². The van der Waals surface area contributed by atoms with Crippen LogP contribution in [0.2, 0.25) is 0 Å². The molecule has 0 atom stereocenters. The maximum atomic E-state index is 11.9. The Morgan fingerprint density at radius 1 is 1.05 bits per heavy atom. The molecule has 0 aromatic heterocycles. The third-order valence-corrected chi connectivity index (χ3v) is 3.37. The zero-order chi connectivity index (χ0) is 14.1. The van der Waals surface area contributed by atoms with Crippen LogP contribution in [-0.4, -0.2) is 31.2 Å². The molecule has 1 aliphatic carbocycles. The van der Waals surface area contributed by atoms with E-state index in [-0.39, 0.29) is 0 Å². The molecule has 6 heteroatoms. The van der Waals surface area contributed by atoms with Crippen molar-refractivity contribution in [3.63, 3.8) is 0 Å². The molecule has 1 fully saturated rings. The summed E-state index contributed by atoms with van der Waals surface area (Å²) in [6, 6.07) is 0.495. The molecule has 1 amide bonds. The highest BCUT2D eigenvalue weighted by Gasteiger charge is 2.27. The number of amides is 1. The van der Waals surface area contributed by atoms with Gasteiger partial charge in [0.05, 0.1) is 6.42 Å². The minimum atomic E-state index is -4.25. The molecule has 0 aliphatic heterocycles. The first-order valence-electron chi connectivity index (χ1n) is 7.04. The highest BCUT2D eigenvalue weighted by molar-refractivity contribution is 5.75. The summed E-state index contributed by atoms with van der Waals surface area (Å²) in [5.74, 6) is -0.528. The fourth-order valence-electron chi connectivity index (χ4n) is 2.31. The SMILES string of the molecule is O=C(CCC(F)(F)F)NCCNC1CCCCCC1. The number of nitrogens with one attached hydrogen (secondary N) is 2. The van der Waals surface area contributed by atoms with E-state index in [1.54, 1.807) is 0 Å². The molecule has 0 aromatic carbocycles. The van der Waals surface area contributed by atoms with E-state index >= 15 is 0 Å². The average Bonchev–Trinajstić information content (AvgIpc) is 2.60. The van der Waals surface area contributed by atoms with Crippen molar-refractivity contribution in [3.8, 4) is 0 Å². The maximum absolute atomic E-state index is 11.9. The van der Waals surface area contributed by atoms with Crippen molar-refractivity contribution in [1.82, 2.24) is 10.6 Å². The van der Waals surface area contributed by atoms with Crippen LogP contribution in [0.3, 0.4) is 0 Å². The second-order valence-electron chi connectivity index (χ2n) is 5.11. The van der Waals surface area contributed by atoms with Gasteiger partial charge in [-0.15, -0.1) is 0 Å². The Morgan fingerprint density at radius 3 is 2.26 bits per heavy atom. The Hall–Kier alpha value is -0.780. The fraction of sp³-hybridized carbons (Fsp3) is 0.923. The van der Waals surface area contributed by atoms with E-state index in [0.717, 1.165) is 12.8 Å². The first-order chi connectivity index (χ1) is 8.97. The number of rotatable bonds is 6. The molecule has 0 saturated heterocycles. The Kier molecular flexibility index (Phi) is 7.20. The molecule has 0 radical (unpaired) electrons. The quantitative estimate of drug-likeness (QED) is 0.580. The van der Waals surface area contributed by atoms with Crippen LogP contribution in [0.1, 0.15) is 51.4 Å². The summed E-state index contributed by atoms with van der Waals surface area (Å²) < 4.78 is 35.7. The lowest BCUT2D eigenvalue weighted by Gasteiger charge is -2.16. The van der Waals surface area contributed by atoms with Gasteiger partial charge in [-0.2, -0.15) is 13.2 Å². The van der Waals surface area contributed by atoms with Gasteiger partial charge in [0.2, 0.25) is 5.91 Å². The highest BCUT2D eigenvalue weighted by Crippen LogP contribution is 2.21. The summed E-state index contributed by atoms with van der Waals surface area (Å²) in [6.07, 6.45) is 1.56. The van der Waals surface area contributed by atoms with Gasteiger partial charge in [-0.25, -0.2) is 0 Å². The molecule has 1 saturated carbocycles. The number of alkyl halides is 3. The predicted molar refractivity (Wildman–Crippen MR) is 67.8 cm³/mol. The van der Waals surface area contributed by atoms with Crippen molar-refractivity contribution in [2.75, 3.05) is 13.1 Å². The van der Waals surface area contributed by atoms with E-state index < -0.39 is 24.9 Å². The van der Waals surface area contributed by atoms with Gasteiger partial charge in [0.25, 0.3) is 0 Å². The molecule has 19 heavy (non-hydrogen) atoms. The Bertz CT molecular complexity index is 261. The van der Waals surface area contributed by atoms with Gasteiger partial charge in [0.15, 0.2) is 0 Å². The maximum Gasteiger partial charge on any atom is 0.389 e. The summed E-state index contributed by atoms with van der Waals surface area (Å²) in [6.45, 7) is 1.02. The van der Waals surface area contributed by atoms with Crippen molar-refractivity contribution in [2.24, 2.45) is 0 Å². The molecule has 0 bridgehead atoms. The second-order valence-corrected chi connectivity index (χ2v) is 5.11. The molecule has 112 valence electrons. The standard InChI is InChI=1S/C13H23F3N2O/c14-13(15,16)8-7-12(19)18-10-9-17-11-5-3-1-2-4-6-11/h11,17H,1-10H2,(H,18,19). The van der Waals surface area contributed by atoms with Crippen molar-refractivity contribution < 1.29 is 18.0 Å². The normalized spacial score (nSPS) is 18.1. The third kappa shape index (κ3) is 8.86. The van der Waals surface area contributed by atoms with Gasteiger partial charge < -0.3 is 10.6 Å². The van der Waals surface area contributed by atoms with Crippen LogP contribution in [0.5, 0.6) is 0 Å². The Balaban J connectivity index is 2.01. The van der Waals surface area contributed by atoms with E-state index in [1.165, 1.54) is 25.7 Å². The Morgan fingerprint density at radius 2 is 1.68 bits per heavy atom. The molecule has 0 aromatic rings. The van der Waals surface area contributed by atoms with Gasteiger partial charge >= 0.3 is 6.18 Å². The van der Waals surface area contributed by atoms with Crippen LogP contribution in [0.4, 0.5) is 13.2 Å². The topological polar surface area (TPSA) is 41.1 Å². The van der Waals surface area contributed by atoms with E-state index in [4.69, 9.17) is 0 Å². The minimum absolute atomic E-state index is 0.396. The zero-order valence-corrected chi connectivity index (χ0v) is 11.2. The summed E-state index contributed by atoms with van der Waals surface area (Å²) in [7, 11) is 0. The lowest BCUT2D eigenvalue weighted by Crippen LogP contribution is -2.37. The molecule has 1 rings (SSSR count). The highest BCUT2D eigenvalue weighted by atomic mass is 19.4. The van der Waals surface area contributed by atoms with Crippen LogP contribution in [0, 0.1) is 0 Å². The van der Waals surface area contributed by atoms with Crippen molar-refractivity contribution >= 4 is 5.91 Å². The summed E-state index contributed by atoms with van der Waals surface area (Å²) >= 11 is 0. The van der Waals surface area contributed by atoms with Crippen molar-refractivity contribution in [1.29, 1.82) is 0 Å². The van der Waals surface area contributed by atoms with E-state index in [2.05, 4.69) is 10.6 Å². The number of carbonyl (C=O) groups excluding carboxylic acids is 1. The lowest BCUT2D eigenvalue weighted by molar-refractivity contribution is -0.144. The average molecular weight is 280 g/mol. The third-order valence-electron chi connectivity index (χ3n) is 3.37. The van der Waals surface area contributed by atoms with Crippen molar-refractivity contribution in [3.05, 3.63) is 0 Å². The van der Waals surface area contributed by atoms with Crippen LogP contribution in [0.15, 0.2) is 0 Å². The molecule has 3 nitrogen and oxygen atoms in total. The number of hydrogen-bond acceptors (Lipinski definition) is 2. The van der Waals surface area contributed by atoms with Crippen LogP contribution >= 0.6 is 0 Å². The molecule has 2 N–H and O–H groups in total. The first-order valence-corrected chi connectivity index (χ1v) is 7.04. The summed E-state index contributed by atoms with van der Waals surface area (Å²) in [5, 5.41) is 5.86. The van der Waals surface area contributed by atoms with Gasteiger partial charge in [-0.05, 0) is 12.8 Å². The van der Waals surface area contributed by atoms with Crippen LogP contribution < -0.4 is 10.6 Å². The monoisotopic (exact) mass is 280 g/mol. The van der Waals surface area contributed by atoms with Gasteiger partial charge in [0, 0.05) is 25.6 Å². The van der Waals surface area contributed by atoms with Gasteiger partial charge in [0.1, 0.15) is 0 Å².